The van der Waals surface area contributed by atoms with Crippen LogP contribution in [-0.4, -0.2) is 87.8 Å². The molecule has 3 aromatic carbocycles. The number of piperazine rings is 1. The SMILES string of the molecule is O=C(Cn1nc(C(=O)N2CCN(Cc3ccccc3)CC2)cc1C(=O)N[C@H]1CCCC[C@@H]1OCc1ccccc1)N[C@H]1CCCC[C@@H]1OCc1ccccc1. The molecule has 4 aromatic rings. The zero-order valence-corrected chi connectivity index (χ0v) is 31.7. The maximum atomic E-state index is 14.1. The quantitative estimate of drug-likeness (QED) is 0.169. The van der Waals surface area contributed by atoms with E-state index in [2.05, 4.69) is 32.8 Å². The predicted molar refractivity (Wildman–Crippen MR) is 210 cm³/mol. The highest BCUT2D eigenvalue weighted by Gasteiger charge is 2.32. The van der Waals surface area contributed by atoms with Crippen LogP contribution in [0.1, 0.15) is 89.0 Å². The number of benzene rings is 3. The summed E-state index contributed by atoms with van der Waals surface area (Å²) in [7, 11) is 0. The van der Waals surface area contributed by atoms with Crippen LogP contribution in [-0.2, 0) is 40.6 Å². The van der Waals surface area contributed by atoms with Crippen molar-refractivity contribution in [1.82, 2.24) is 30.2 Å². The van der Waals surface area contributed by atoms with Crippen LogP contribution in [0.2, 0.25) is 0 Å². The molecule has 2 heterocycles. The predicted octanol–water partition coefficient (Wildman–Crippen LogP) is 5.74. The van der Waals surface area contributed by atoms with Gasteiger partial charge in [-0.1, -0.05) is 117 Å². The number of hydrogen-bond acceptors (Lipinski definition) is 7. The lowest BCUT2D eigenvalue weighted by Crippen LogP contribution is -2.48. The standard InChI is InChI=1S/C44H54N6O5/c51-42(45-36-20-10-12-22-40(36)54-31-34-16-6-2-7-17-34)30-50-39(43(52)46-37-21-11-13-23-41(37)55-32-35-18-8-3-9-19-35)28-38(47-50)44(53)49-26-24-48(25-27-49)29-33-14-4-1-5-15-33/h1-9,14-19,28,36-37,40-41H,10-13,20-27,29-32H2,(H,45,51)(H,46,52)/t36-,37-,40-,41-/m0/s1. The second-order valence-corrected chi connectivity index (χ2v) is 15.1. The van der Waals surface area contributed by atoms with Gasteiger partial charge in [-0.3, -0.25) is 19.3 Å². The van der Waals surface area contributed by atoms with Crippen molar-refractivity contribution in [3.63, 3.8) is 0 Å². The molecule has 1 saturated heterocycles. The smallest absolute Gasteiger partial charge is 0.274 e. The molecule has 3 aliphatic rings. The van der Waals surface area contributed by atoms with Gasteiger partial charge in [0, 0.05) is 38.8 Å². The summed E-state index contributed by atoms with van der Waals surface area (Å²) in [5, 5.41) is 11.0. The Balaban J connectivity index is 1.04. The Morgan fingerprint density at radius 2 is 1.15 bits per heavy atom. The van der Waals surface area contributed by atoms with Crippen LogP contribution < -0.4 is 10.6 Å². The average molecular weight is 747 g/mol. The molecule has 1 aliphatic heterocycles. The molecule has 2 aliphatic carbocycles. The Labute approximate surface area is 324 Å². The molecule has 0 bridgehead atoms. The van der Waals surface area contributed by atoms with Crippen molar-refractivity contribution >= 4 is 17.7 Å². The molecule has 4 atom stereocenters. The van der Waals surface area contributed by atoms with Gasteiger partial charge in [0.05, 0.1) is 37.5 Å². The molecule has 0 spiro atoms. The molecular formula is C44H54N6O5. The van der Waals surface area contributed by atoms with Gasteiger partial charge in [-0.15, -0.1) is 0 Å². The highest BCUT2D eigenvalue weighted by molar-refractivity contribution is 5.98. The molecule has 3 amide bonds. The van der Waals surface area contributed by atoms with Crippen molar-refractivity contribution in [3.05, 3.63) is 125 Å². The number of carbonyl (C=O) groups excluding carboxylic acids is 3. The lowest BCUT2D eigenvalue weighted by atomic mass is 9.92. The Kier molecular flexibility index (Phi) is 13.4. The van der Waals surface area contributed by atoms with Crippen molar-refractivity contribution in [3.8, 4) is 0 Å². The van der Waals surface area contributed by atoms with Gasteiger partial charge >= 0.3 is 0 Å². The summed E-state index contributed by atoms with van der Waals surface area (Å²) in [5.74, 6) is -0.877. The summed E-state index contributed by atoms with van der Waals surface area (Å²) in [5.41, 5.74) is 3.76. The van der Waals surface area contributed by atoms with Crippen LogP contribution in [0.4, 0.5) is 0 Å². The van der Waals surface area contributed by atoms with E-state index in [4.69, 9.17) is 9.47 Å². The van der Waals surface area contributed by atoms with E-state index in [-0.39, 0.29) is 59.9 Å². The fraction of sp³-hybridized carbons (Fsp3) is 0.455. The third kappa shape index (κ3) is 10.7. The molecule has 11 nitrogen and oxygen atoms in total. The third-order valence-electron chi connectivity index (χ3n) is 11.1. The topological polar surface area (TPSA) is 118 Å². The zero-order valence-electron chi connectivity index (χ0n) is 31.7. The fourth-order valence-corrected chi connectivity index (χ4v) is 8.05. The van der Waals surface area contributed by atoms with Crippen molar-refractivity contribution in [2.75, 3.05) is 26.2 Å². The van der Waals surface area contributed by atoms with E-state index in [1.54, 1.807) is 11.0 Å². The molecule has 2 saturated carbocycles. The highest BCUT2D eigenvalue weighted by atomic mass is 16.5. The van der Waals surface area contributed by atoms with E-state index in [1.807, 2.05) is 78.9 Å². The number of amides is 3. The summed E-state index contributed by atoms with van der Waals surface area (Å²) in [4.78, 5) is 45.9. The Hall–Kier alpha value is -4.84. The zero-order chi connectivity index (χ0) is 37.8. The van der Waals surface area contributed by atoms with Gasteiger partial charge in [-0.2, -0.15) is 5.10 Å². The molecule has 290 valence electrons. The summed E-state index contributed by atoms with van der Waals surface area (Å²) >= 11 is 0. The first kappa shape index (κ1) is 38.4. The first-order chi connectivity index (χ1) is 27.0. The molecule has 3 fully saturated rings. The van der Waals surface area contributed by atoms with Gasteiger partial charge in [0.1, 0.15) is 12.2 Å². The number of ether oxygens (including phenoxy) is 2. The molecule has 0 unspecified atom stereocenters. The second kappa shape index (κ2) is 19.2. The van der Waals surface area contributed by atoms with Crippen LogP contribution in [0.5, 0.6) is 0 Å². The van der Waals surface area contributed by atoms with E-state index < -0.39 is 0 Å². The number of aromatic nitrogens is 2. The van der Waals surface area contributed by atoms with Gasteiger partial charge in [-0.05, 0) is 42.4 Å². The summed E-state index contributed by atoms with van der Waals surface area (Å²) in [6.07, 6.45) is 7.07. The van der Waals surface area contributed by atoms with Gasteiger partial charge < -0.3 is 25.0 Å². The number of rotatable bonds is 14. The summed E-state index contributed by atoms with van der Waals surface area (Å²) < 4.78 is 14.1. The molecular weight excluding hydrogens is 693 g/mol. The molecule has 0 radical (unpaired) electrons. The number of nitrogens with zero attached hydrogens (tertiary/aromatic N) is 4. The highest BCUT2D eigenvalue weighted by Crippen LogP contribution is 2.25. The minimum atomic E-state index is -0.367. The number of hydrogen-bond donors (Lipinski definition) is 2. The van der Waals surface area contributed by atoms with E-state index >= 15 is 0 Å². The minimum Gasteiger partial charge on any atom is -0.371 e. The van der Waals surface area contributed by atoms with E-state index in [0.717, 1.165) is 82.1 Å². The maximum absolute atomic E-state index is 14.1. The molecule has 11 heteroatoms. The van der Waals surface area contributed by atoms with Crippen molar-refractivity contribution in [2.24, 2.45) is 0 Å². The summed E-state index contributed by atoms with van der Waals surface area (Å²) in [6, 6.07) is 31.6. The lowest BCUT2D eigenvalue weighted by Gasteiger charge is -2.34. The summed E-state index contributed by atoms with van der Waals surface area (Å²) in [6.45, 7) is 4.14. The van der Waals surface area contributed by atoms with Crippen LogP contribution in [0.15, 0.2) is 97.1 Å². The largest absolute Gasteiger partial charge is 0.371 e. The van der Waals surface area contributed by atoms with Gasteiger partial charge in [0.2, 0.25) is 5.91 Å². The second-order valence-electron chi connectivity index (χ2n) is 15.1. The normalized spacial score (nSPS) is 21.9. The Bertz CT molecular complexity index is 1830. The van der Waals surface area contributed by atoms with E-state index in [9.17, 15) is 14.4 Å². The van der Waals surface area contributed by atoms with E-state index in [1.165, 1.54) is 10.2 Å². The van der Waals surface area contributed by atoms with Gasteiger partial charge in [-0.25, -0.2) is 4.68 Å². The van der Waals surface area contributed by atoms with Gasteiger partial charge in [0.15, 0.2) is 5.69 Å². The first-order valence-corrected chi connectivity index (χ1v) is 20.0. The first-order valence-electron chi connectivity index (χ1n) is 20.0. The van der Waals surface area contributed by atoms with Crippen LogP contribution >= 0.6 is 0 Å². The lowest BCUT2D eigenvalue weighted by molar-refractivity contribution is -0.124. The fourth-order valence-electron chi connectivity index (χ4n) is 8.05. The Morgan fingerprint density at radius 1 is 0.636 bits per heavy atom. The van der Waals surface area contributed by atoms with Crippen LogP contribution in [0.3, 0.4) is 0 Å². The molecule has 2 N–H and O–H groups in total. The molecule has 1 aromatic heterocycles. The van der Waals surface area contributed by atoms with Crippen LogP contribution in [0.25, 0.3) is 0 Å². The monoisotopic (exact) mass is 746 g/mol. The Morgan fingerprint density at radius 3 is 1.71 bits per heavy atom. The van der Waals surface area contributed by atoms with Crippen LogP contribution in [0, 0.1) is 0 Å². The maximum Gasteiger partial charge on any atom is 0.274 e. The van der Waals surface area contributed by atoms with Crippen molar-refractivity contribution in [1.29, 1.82) is 0 Å². The van der Waals surface area contributed by atoms with E-state index in [0.29, 0.717) is 26.3 Å². The van der Waals surface area contributed by atoms with Crippen molar-refractivity contribution in [2.45, 2.75) is 102 Å². The average Bonchev–Trinajstić information content (AvgIpc) is 3.65. The van der Waals surface area contributed by atoms with Gasteiger partial charge in [0.25, 0.3) is 11.8 Å². The van der Waals surface area contributed by atoms with Crippen molar-refractivity contribution < 1.29 is 23.9 Å². The number of nitrogens with one attached hydrogen (secondary N) is 2. The third-order valence-corrected chi connectivity index (χ3v) is 11.1. The molecule has 55 heavy (non-hydrogen) atoms. The number of carbonyl (C=O) groups is 3. The molecule has 7 rings (SSSR count). The minimum absolute atomic E-state index is 0.116.